The molecule has 2 aliphatic rings. The number of benzene rings is 2. The van der Waals surface area contributed by atoms with Gasteiger partial charge in [0.15, 0.2) is 11.5 Å². The van der Waals surface area contributed by atoms with E-state index >= 15 is 0 Å². The van der Waals surface area contributed by atoms with Crippen LogP contribution in [0.4, 0.5) is 11.4 Å². The van der Waals surface area contributed by atoms with Gasteiger partial charge in [-0.1, -0.05) is 0 Å². The molecule has 0 saturated carbocycles. The van der Waals surface area contributed by atoms with Crippen molar-refractivity contribution in [3.8, 4) is 22.8 Å². The SMILES string of the molecule is CC(=O)N1CCc2cc(NC(=O)c3cn(C)nc3-c3ccc4c(c3)OCCCO4)ccc21. The summed E-state index contributed by atoms with van der Waals surface area (Å²) in [7, 11) is 1.79. The zero-order valence-corrected chi connectivity index (χ0v) is 18.1. The number of ether oxygens (including phenoxy) is 2. The lowest BCUT2D eigenvalue weighted by Crippen LogP contribution is -2.25. The number of nitrogens with one attached hydrogen (secondary N) is 1. The summed E-state index contributed by atoms with van der Waals surface area (Å²) < 4.78 is 13.1. The fourth-order valence-electron chi connectivity index (χ4n) is 4.18. The van der Waals surface area contributed by atoms with Gasteiger partial charge < -0.3 is 19.7 Å². The van der Waals surface area contributed by atoms with Crippen molar-refractivity contribution in [2.24, 2.45) is 7.05 Å². The van der Waals surface area contributed by atoms with E-state index in [9.17, 15) is 9.59 Å². The molecule has 8 heteroatoms. The van der Waals surface area contributed by atoms with Crippen molar-refractivity contribution >= 4 is 23.2 Å². The smallest absolute Gasteiger partial charge is 0.259 e. The van der Waals surface area contributed by atoms with Gasteiger partial charge >= 0.3 is 0 Å². The van der Waals surface area contributed by atoms with Crippen LogP contribution in [0.3, 0.4) is 0 Å². The van der Waals surface area contributed by atoms with Crippen molar-refractivity contribution < 1.29 is 19.1 Å². The first-order chi connectivity index (χ1) is 15.5. The molecule has 164 valence electrons. The van der Waals surface area contributed by atoms with Crippen LogP contribution < -0.4 is 19.7 Å². The first kappa shape index (κ1) is 20.1. The van der Waals surface area contributed by atoms with Gasteiger partial charge in [0, 0.05) is 50.1 Å². The minimum absolute atomic E-state index is 0.0238. The molecule has 0 saturated heterocycles. The van der Waals surface area contributed by atoms with Crippen LogP contribution in [0.2, 0.25) is 0 Å². The van der Waals surface area contributed by atoms with Gasteiger partial charge in [0.2, 0.25) is 5.91 Å². The molecule has 2 aromatic carbocycles. The molecule has 1 aromatic heterocycles. The van der Waals surface area contributed by atoms with E-state index in [4.69, 9.17) is 9.47 Å². The molecule has 0 bridgehead atoms. The summed E-state index contributed by atoms with van der Waals surface area (Å²) in [5.41, 5.74) is 4.47. The maximum absolute atomic E-state index is 13.2. The van der Waals surface area contributed by atoms with E-state index in [1.54, 1.807) is 29.7 Å². The van der Waals surface area contributed by atoms with Gasteiger partial charge in [-0.15, -0.1) is 0 Å². The van der Waals surface area contributed by atoms with Crippen LogP contribution in [0.25, 0.3) is 11.3 Å². The average Bonchev–Trinajstić information content (AvgIpc) is 3.29. The largest absolute Gasteiger partial charge is 0.490 e. The number of rotatable bonds is 3. The Morgan fingerprint density at radius 3 is 2.69 bits per heavy atom. The Hall–Kier alpha value is -3.81. The molecule has 2 aliphatic heterocycles. The third-order valence-corrected chi connectivity index (χ3v) is 5.71. The molecule has 0 spiro atoms. The molecular formula is C24H24N4O4. The van der Waals surface area contributed by atoms with E-state index in [1.165, 1.54) is 0 Å². The molecule has 5 rings (SSSR count). The second kappa shape index (κ2) is 8.03. The number of amides is 2. The molecule has 3 heterocycles. The number of nitrogens with zero attached hydrogens (tertiary/aromatic N) is 3. The summed E-state index contributed by atoms with van der Waals surface area (Å²) in [5.74, 6) is 1.13. The zero-order valence-electron chi connectivity index (χ0n) is 18.1. The summed E-state index contributed by atoms with van der Waals surface area (Å²) >= 11 is 0. The maximum Gasteiger partial charge on any atom is 0.259 e. The van der Waals surface area contributed by atoms with Crippen molar-refractivity contribution in [3.63, 3.8) is 0 Å². The molecule has 0 atom stereocenters. The van der Waals surface area contributed by atoms with E-state index in [-0.39, 0.29) is 11.8 Å². The van der Waals surface area contributed by atoms with Crippen LogP contribution in [-0.4, -0.2) is 41.4 Å². The fraction of sp³-hybridized carbons (Fsp3) is 0.292. The van der Waals surface area contributed by atoms with Crippen molar-refractivity contribution in [2.75, 3.05) is 30.0 Å². The van der Waals surface area contributed by atoms with Crippen LogP contribution >= 0.6 is 0 Å². The van der Waals surface area contributed by atoms with Gasteiger partial charge in [0.05, 0.1) is 18.8 Å². The van der Waals surface area contributed by atoms with Crippen LogP contribution in [-0.2, 0) is 18.3 Å². The van der Waals surface area contributed by atoms with Gasteiger partial charge in [-0.2, -0.15) is 5.10 Å². The first-order valence-corrected chi connectivity index (χ1v) is 10.7. The number of fused-ring (bicyclic) bond motifs is 2. The Bertz CT molecular complexity index is 1220. The molecule has 32 heavy (non-hydrogen) atoms. The second-order valence-electron chi connectivity index (χ2n) is 8.00. The zero-order chi connectivity index (χ0) is 22.2. The molecule has 1 N–H and O–H groups in total. The van der Waals surface area contributed by atoms with Gasteiger partial charge in [-0.25, -0.2) is 0 Å². The maximum atomic E-state index is 13.2. The van der Waals surface area contributed by atoms with Crippen molar-refractivity contribution in [2.45, 2.75) is 19.8 Å². The van der Waals surface area contributed by atoms with E-state index in [0.29, 0.717) is 48.2 Å². The highest BCUT2D eigenvalue weighted by atomic mass is 16.5. The monoisotopic (exact) mass is 432 g/mol. The summed E-state index contributed by atoms with van der Waals surface area (Å²) in [5, 5.41) is 7.49. The van der Waals surface area contributed by atoms with Crippen LogP contribution in [0.5, 0.6) is 11.5 Å². The molecular weight excluding hydrogens is 408 g/mol. The lowest BCUT2D eigenvalue weighted by molar-refractivity contribution is -0.116. The predicted molar refractivity (Wildman–Crippen MR) is 120 cm³/mol. The Morgan fingerprint density at radius 2 is 1.88 bits per heavy atom. The van der Waals surface area contributed by atoms with Crippen molar-refractivity contribution in [1.82, 2.24) is 9.78 Å². The summed E-state index contributed by atoms with van der Waals surface area (Å²) in [6.45, 7) is 3.44. The predicted octanol–water partition coefficient (Wildman–Crippen LogP) is 3.41. The summed E-state index contributed by atoms with van der Waals surface area (Å²) in [6, 6.07) is 11.2. The van der Waals surface area contributed by atoms with Gasteiger partial charge in [0.25, 0.3) is 5.91 Å². The number of carbonyl (C=O) groups excluding carboxylic acids is 2. The lowest BCUT2D eigenvalue weighted by Gasteiger charge is -2.15. The number of aryl methyl sites for hydroxylation is 1. The number of hydrogen-bond acceptors (Lipinski definition) is 5. The van der Waals surface area contributed by atoms with E-state index < -0.39 is 0 Å². The molecule has 0 aliphatic carbocycles. The molecule has 0 unspecified atom stereocenters. The topological polar surface area (TPSA) is 85.7 Å². The fourth-order valence-corrected chi connectivity index (χ4v) is 4.18. The van der Waals surface area contributed by atoms with E-state index in [2.05, 4.69) is 10.4 Å². The lowest BCUT2D eigenvalue weighted by atomic mass is 10.1. The summed E-state index contributed by atoms with van der Waals surface area (Å²) in [6.07, 6.45) is 3.30. The highest BCUT2D eigenvalue weighted by Crippen LogP contribution is 2.35. The van der Waals surface area contributed by atoms with E-state index in [0.717, 1.165) is 29.7 Å². The molecule has 0 radical (unpaired) electrons. The van der Waals surface area contributed by atoms with Crippen molar-refractivity contribution in [3.05, 3.63) is 53.7 Å². The Morgan fingerprint density at radius 1 is 1.06 bits per heavy atom. The third-order valence-electron chi connectivity index (χ3n) is 5.71. The van der Waals surface area contributed by atoms with Crippen LogP contribution in [0.15, 0.2) is 42.6 Å². The number of aromatic nitrogens is 2. The Labute approximate surface area is 185 Å². The second-order valence-corrected chi connectivity index (χ2v) is 8.00. The number of carbonyl (C=O) groups is 2. The standard InChI is InChI=1S/C24H24N4O4/c1-15(29)28-9-8-16-12-18(5-6-20(16)28)25-24(30)19-14-27(2)26-23(19)17-4-7-21-22(13-17)32-11-3-10-31-21/h4-7,12-14H,3,8-11H2,1-2H3,(H,25,30). The Balaban J connectivity index is 1.42. The van der Waals surface area contributed by atoms with Gasteiger partial charge in [-0.05, 0) is 48.4 Å². The first-order valence-electron chi connectivity index (χ1n) is 10.7. The number of anilines is 2. The third kappa shape index (κ3) is 3.68. The van der Waals surface area contributed by atoms with Gasteiger partial charge in [0.1, 0.15) is 5.69 Å². The minimum atomic E-state index is -0.249. The summed E-state index contributed by atoms with van der Waals surface area (Å²) in [4.78, 5) is 26.7. The average molecular weight is 432 g/mol. The van der Waals surface area contributed by atoms with Crippen molar-refractivity contribution in [1.29, 1.82) is 0 Å². The molecule has 3 aromatic rings. The van der Waals surface area contributed by atoms with Crippen LogP contribution in [0.1, 0.15) is 29.3 Å². The molecule has 8 nitrogen and oxygen atoms in total. The number of hydrogen-bond donors (Lipinski definition) is 1. The highest BCUT2D eigenvalue weighted by Gasteiger charge is 2.24. The Kier molecular flexibility index (Phi) is 5.05. The molecule has 0 fully saturated rings. The highest BCUT2D eigenvalue weighted by molar-refractivity contribution is 6.08. The molecule has 2 amide bonds. The van der Waals surface area contributed by atoms with Gasteiger partial charge in [-0.3, -0.25) is 14.3 Å². The quantitative estimate of drug-likeness (QED) is 0.686. The van der Waals surface area contributed by atoms with E-state index in [1.807, 2.05) is 36.4 Å². The normalized spacial score (nSPS) is 14.6. The minimum Gasteiger partial charge on any atom is -0.490 e. The van der Waals surface area contributed by atoms with Crippen LogP contribution in [0, 0.1) is 0 Å².